The summed E-state index contributed by atoms with van der Waals surface area (Å²) in [7, 11) is 0. The number of nitrogens with one attached hydrogen (secondary N) is 1. The molecule has 1 amide bonds. The molecule has 0 atom stereocenters. The van der Waals surface area contributed by atoms with Crippen LogP contribution in [0.4, 0.5) is 5.69 Å². The Labute approximate surface area is 174 Å². The van der Waals surface area contributed by atoms with Gasteiger partial charge in [-0.05, 0) is 48.9 Å². The molecule has 0 fully saturated rings. The second-order valence-corrected chi connectivity index (χ2v) is 7.39. The van der Waals surface area contributed by atoms with Crippen molar-refractivity contribution in [1.29, 1.82) is 0 Å². The van der Waals surface area contributed by atoms with Crippen molar-refractivity contribution in [1.82, 2.24) is 8.75 Å². The molecule has 0 aliphatic rings. The third-order valence-corrected chi connectivity index (χ3v) is 5.37. The first-order chi connectivity index (χ1) is 13.5. The molecule has 0 aliphatic carbocycles. The van der Waals surface area contributed by atoms with Crippen LogP contribution in [0.2, 0.25) is 10.0 Å². The summed E-state index contributed by atoms with van der Waals surface area (Å²) in [6.45, 7) is 1.94. The average molecular weight is 430 g/mol. The van der Waals surface area contributed by atoms with E-state index < -0.39 is 0 Å². The molecular weight excluding hydrogens is 417 g/mol. The number of benzene rings is 2. The number of carbonyl (C=O) groups is 1. The highest BCUT2D eigenvalue weighted by atomic mass is 35.5. The molecule has 1 N–H and O–H groups in total. The van der Waals surface area contributed by atoms with E-state index in [1.807, 2.05) is 31.2 Å². The molecule has 5 nitrogen and oxygen atoms in total. The van der Waals surface area contributed by atoms with Crippen LogP contribution in [0.1, 0.15) is 11.3 Å². The maximum absolute atomic E-state index is 12.3. The van der Waals surface area contributed by atoms with E-state index >= 15 is 0 Å². The van der Waals surface area contributed by atoms with Crippen molar-refractivity contribution in [2.45, 2.75) is 6.92 Å². The van der Waals surface area contributed by atoms with Crippen molar-refractivity contribution in [3.63, 3.8) is 0 Å². The van der Waals surface area contributed by atoms with Crippen molar-refractivity contribution in [3.8, 4) is 11.3 Å². The monoisotopic (exact) mass is 429 g/mol. The first-order valence-corrected chi connectivity index (χ1v) is 9.76. The van der Waals surface area contributed by atoms with Gasteiger partial charge in [-0.15, -0.1) is 0 Å². The molecule has 2 aromatic heterocycles. The Balaban J connectivity index is 1.50. The van der Waals surface area contributed by atoms with E-state index in [4.69, 9.17) is 27.6 Å². The number of hydrogen-bond donors (Lipinski definition) is 1. The number of fused-ring (bicyclic) bond motifs is 1. The minimum atomic E-state index is -0.348. The van der Waals surface area contributed by atoms with Gasteiger partial charge in [-0.2, -0.15) is 8.75 Å². The zero-order valence-corrected chi connectivity index (χ0v) is 16.9. The standard InChI is InChI=1S/C20H13Cl2N3O2S/c1-11-2-3-12(10-15(11)22)17-8-4-13(27-17)5-9-18(26)23-19-14(21)6-7-16-20(19)25-28-24-16/h2-10H,1H3,(H,23,26)/b9-5+. The number of furan rings is 1. The smallest absolute Gasteiger partial charge is 0.248 e. The molecule has 0 aliphatic heterocycles. The Hall–Kier alpha value is -2.67. The summed E-state index contributed by atoms with van der Waals surface area (Å²) in [4.78, 5) is 12.3. The Kier molecular flexibility index (Phi) is 5.17. The van der Waals surface area contributed by atoms with Gasteiger partial charge in [0.2, 0.25) is 5.91 Å². The lowest BCUT2D eigenvalue weighted by molar-refractivity contribution is -0.111. The van der Waals surface area contributed by atoms with Gasteiger partial charge in [0.25, 0.3) is 0 Å². The van der Waals surface area contributed by atoms with E-state index in [0.717, 1.165) is 22.9 Å². The van der Waals surface area contributed by atoms with Gasteiger partial charge in [-0.3, -0.25) is 4.79 Å². The third kappa shape index (κ3) is 3.80. The highest BCUT2D eigenvalue weighted by Crippen LogP contribution is 2.30. The number of hydrogen-bond acceptors (Lipinski definition) is 5. The number of anilines is 1. The van der Waals surface area contributed by atoms with Crippen molar-refractivity contribution in [3.05, 3.63) is 69.9 Å². The van der Waals surface area contributed by atoms with E-state index in [9.17, 15) is 4.79 Å². The molecule has 28 heavy (non-hydrogen) atoms. The second-order valence-electron chi connectivity index (χ2n) is 6.04. The molecule has 8 heteroatoms. The van der Waals surface area contributed by atoms with Crippen LogP contribution in [0.3, 0.4) is 0 Å². The molecule has 0 bridgehead atoms. The molecule has 2 heterocycles. The van der Waals surface area contributed by atoms with E-state index in [1.165, 1.54) is 6.08 Å². The Morgan fingerprint density at radius 1 is 1.11 bits per heavy atom. The van der Waals surface area contributed by atoms with E-state index in [1.54, 1.807) is 24.3 Å². The summed E-state index contributed by atoms with van der Waals surface area (Å²) < 4.78 is 14.1. The first kappa shape index (κ1) is 18.7. The lowest BCUT2D eigenvalue weighted by atomic mass is 10.1. The fourth-order valence-electron chi connectivity index (χ4n) is 2.61. The molecule has 2 aromatic carbocycles. The Bertz CT molecular complexity index is 1210. The summed E-state index contributed by atoms with van der Waals surface area (Å²) in [6, 6.07) is 12.8. The number of halogens is 2. The minimum absolute atomic E-state index is 0.348. The largest absolute Gasteiger partial charge is 0.457 e. The van der Waals surface area contributed by atoms with Crippen molar-refractivity contribution >= 4 is 63.6 Å². The number of aromatic nitrogens is 2. The molecule has 140 valence electrons. The van der Waals surface area contributed by atoms with Crippen molar-refractivity contribution < 1.29 is 9.21 Å². The van der Waals surface area contributed by atoms with Gasteiger partial charge in [-0.25, -0.2) is 0 Å². The quantitative estimate of drug-likeness (QED) is 0.391. The van der Waals surface area contributed by atoms with Gasteiger partial charge in [0.05, 0.1) is 22.4 Å². The van der Waals surface area contributed by atoms with Gasteiger partial charge in [0, 0.05) is 16.7 Å². The number of carbonyl (C=O) groups excluding carboxylic acids is 1. The highest BCUT2D eigenvalue weighted by molar-refractivity contribution is 7.00. The Morgan fingerprint density at radius 3 is 2.79 bits per heavy atom. The SMILES string of the molecule is Cc1ccc(-c2ccc(/C=C/C(=O)Nc3c(Cl)ccc4nsnc34)o2)cc1Cl. The lowest BCUT2D eigenvalue weighted by Gasteiger charge is -2.04. The predicted molar refractivity (Wildman–Crippen MR) is 114 cm³/mol. The van der Waals surface area contributed by atoms with Crippen LogP contribution in [-0.4, -0.2) is 14.7 Å². The summed E-state index contributed by atoms with van der Waals surface area (Å²) >= 11 is 13.4. The second kappa shape index (κ2) is 7.75. The van der Waals surface area contributed by atoms with E-state index in [0.29, 0.717) is 38.3 Å². The van der Waals surface area contributed by atoms with E-state index in [-0.39, 0.29) is 5.91 Å². The molecule has 4 aromatic rings. The van der Waals surface area contributed by atoms with Gasteiger partial charge < -0.3 is 9.73 Å². The highest BCUT2D eigenvalue weighted by Gasteiger charge is 2.12. The summed E-state index contributed by atoms with van der Waals surface area (Å²) in [5, 5.41) is 3.82. The van der Waals surface area contributed by atoms with Crippen LogP contribution >= 0.6 is 34.9 Å². The molecule has 0 saturated heterocycles. The maximum atomic E-state index is 12.3. The van der Waals surface area contributed by atoms with Crippen LogP contribution in [0.25, 0.3) is 28.4 Å². The third-order valence-electron chi connectivity index (χ3n) is 4.11. The molecule has 0 spiro atoms. The van der Waals surface area contributed by atoms with Gasteiger partial charge in [0.1, 0.15) is 22.6 Å². The zero-order chi connectivity index (χ0) is 19.7. The number of aryl methyl sites for hydroxylation is 1. The maximum Gasteiger partial charge on any atom is 0.248 e. The summed E-state index contributed by atoms with van der Waals surface area (Å²) in [5.74, 6) is 0.864. The number of nitrogens with zero attached hydrogens (tertiary/aromatic N) is 2. The van der Waals surface area contributed by atoms with Gasteiger partial charge >= 0.3 is 0 Å². The molecule has 0 radical (unpaired) electrons. The van der Waals surface area contributed by atoms with Crippen LogP contribution < -0.4 is 5.32 Å². The van der Waals surface area contributed by atoms with Gasteiger partial charge in [0.15, 0.2) is 0 Å². The van der Waals surface area contributed by atoms with Gasteiger partial charge in [-0.1, -0.05) is 35.3 Å². The zero-order valence-electron chi connectivity index (χ0n) is 14.6. The number of rotatable bonds is 4. The molecular formula is C20H13Cl2N3O2S. The molecule has 0 unspecified atom stereocenters. The van der Waals surface area contributed by atoms with Crippen LogP contribution in [0.15, 0.2) is 53.0 Å². The van der Waals surface area contributed by atoms with Crippen molar-refractivity contribution in [2.24, 2.45) is 0 Å². The predicted octanol–water partition coefficient (Wildman–Crippen LogP) is 6.22. The molecule has 0 saturated carbocycles. The normalized spacial score (nSPS) is 11.4. The summed E-state index contributed by atoms with van der Waals surface area (Å²) in [6.07, 6.45) is 2.96. The van der Waals surface area contributed by atoms with Crippen molar-refractivity contribution in [2.75, 3.05) is 5.32 Å². The summed E-state index contributed by atoms with van der Waals surface area (Å²) in [5.41, 5.74) is 3.56. The van der Waals surface area contributed by atoms with Crippen LogP contribution in [0.5, 0.6) is 0 Å². The average Bonchev–Trinajstić information content (AvgIpc) is 3.34. The van der Waals surface area contributed by atoms with Crippen LogP contribution in [-0.2, 0) is 4.79 Å². The first-order valence-electron chi connectivity index (χ1n) is 8.27. The molecule has 4 rings (SSSR count). The topological polar surface area (TPSA) is 68.0 Å². The van der Waals surface area contributed by atoms with E-state index in [2.05, 4.69) is 14.1 Å². The minimum Gasteiger partial charge on any atom is -0.457 e. The fourth-order valence-corrected chi connectivity index (χ4v) is 3.53. The Morgan fingerprint density at radius 2 is 1.96 bits per heavy atom. The van der Waals surface area contributed by atoms with Crippen LogP contribution in [0, 0.1) is 6.92 Å². The lowest BCUT2D eigenvalue weighted by Crippen LogP contribution is -2.08. The fraction of sp³-hybridized carbons (Fsp3) is 0.0500. The number of amides is 1.